The fourth-order valence-electron chi connectivity index (χ4n) is 2.43. The summed E-state index contributed by atoms with van der Waals surface area (Å²) in [6.45, 7) is 0. The number of carbonyl (C=O) groups excluding carboxylic acids is 2. The molecule has 4 heteroatoms. The lowest BCUT2D eigenvalue weighted by atomic mass is 10.0. The Bertz CT molecular complexity index is 477. The number of anilines is 1. The van der Waals surface area contributed by atoms with Crippen LogP contribution < -0.4 is 5.73 Å². The molecule has 1 aliphatic heterocycles. The third-order valence-electron chi connectivity index (χ3n) is 3.39. The number of likely N-dealkylation sites (tertiary alicyclic amines) is 1. The van der Waals surface area contributed by atoms with Crippen molar-refractivity contribution in [2.45, 2.75) is 31.3 Å². The first-order valence-electron chi connectivity index (χ1n) is 5.86. The first-order chi connectivity index (χ1) is 8.16. The van der Waals surface area contributed by atoms with Gasteiger partial charge in [-0.05, 0) is 30.5 Å². The van der Waals surface area contributed by atoms with Crippen molar-refractivity contribution in [3.05, 3.63) is 29.8 Å². The molecule has 1 aromatic carbocycles. The van der Waals surface area contributed by atoms with Gasteiger partial charge in [0.05, 0.1) is 6.42 Å². The Kier molecular flexibility index (Phi) is 2.18. The van der Waals surface area contributed by atoms with Crippen molar-refractivity contribution >= 4 is 17.4 Å². The van der Waals surface area contributed by atoms with Gasteiger partial charge in [-0.2, -0.15) is 0 Å². The van der Waals surface area contributed by atoms with E-state index in [0.29, 0.717) is 5.69 Å². The topological polar surface area (TPSA) is 63.4 Å². The summed E-state index contributed by atoms with van der Waals surface area (Å²) >= 11 is 0. The SMILES string of the molecule is Nc1ccc(C2C(=O)CC(=O)N2C2CC2)cc1. The zero-order valence-corrected chi connectivity index (χ0v) is 9.43. The maximum Gasteiger partial charge on any atom is 0.231 e. The highest BCUT2D eigenvalue weighted by Crippen LogP contribution is 2.39. The van der Waals surface area contributed by atoms with Crippen LogP contribution in [0.1, 0.15) is 30.9 Å². The molecule has 2 fully saturated rings. The third-order valence-corrected chi connectivity index (χ3v) is 3.39. The van der Waals surface area contributed by atoms with Crippen molar-refractivity contribution < 1.29 is 9.59 Å². The van der Waals surface area contributed by atoms with E-state index in [1.165, 1.54) is 0 Å². The van der Waals surface area contributed by atoms with Gasteiger partial charge in [-0.3, -0.25) is 9.59 Å². The summed E-state index contributed by atoms with van der Waals surface area (Å²) in [7, 11) is 0. The number of nitrogens with zero attached hydrogens (tertiary/aromatic N) is 1. The highest BCUT2D eigenvalue weighted by atomic mass is 16.2. The number of hydrogen-bond acceptors (Lipinski definition) is 3. The molecular weight excluding hydrogens is 216 g/mol. The smallest absolute Gasteiger partial charge is 0.231 e. The Hall–Kier alpha value is -1.84. The van der Waals surface area contributed by atoms with Crippen LogP contribution in [0.4, 0.5) is 5.69 Å². The molecule has 2 N–H and O–H groups in total. The van der Waals surface area contributed by atoms with Crippen molar-refractivity contribution in [2.24, 2.45) is 0 Å². The summed E-state index contributed by atoms with van der Waals surface area (Å²) in [5.41, 5.74) is 7.18. The first-order valence-corrected chi connectivity index (χ1v) is 5.86. The number of amides is 1. The van der Waals surface area contributed by atoms with Crippen LogP contribution in [0.15, 0.2) is 24.3 Å². The highest BCUT2D eigenvalue weighted by molar-refractivity contribution is 6.08. The molecule has 88 valence electrons. The number of carbonyl (C=O) groups is 2. The summed E-state index contributed by atoms with van der Waals surface area (Å²) in [5.74, 6) is -0.0222. The van der Waals surface area contributed by atoms with E-state index in [0.717, 1.165) is 18.4 Å². The van der Waals surface area contributed by atoms with Gasteiger partial charge in [0, 0.05) is 11.7 Å². The minimum absolute atomic E-state index is 0.00618. The van der Waals surface area contributed by atoms with Crippen molar-refractivity contribution in [1.29, 1.82) is 0 Å². The van der Waals surface area contributed by atoms with Gasteiger partial charge >= 0.3 is 0 Å². The van der Waals surface area contributed by atoms with Crippen LogP contribution in [0.5, 0.6) is 0 Å². The van der Waals surface area contributed by atoms with Crippen LogP contribution in [-0.2, 0) is 9.59 Å². The normalized spacial score (nSPS) is 24.5. The van der Waals surface area contributed by atoms with Gasteiger partial charge in [0.25, 0.3) is 0 Å². The first kappa shape index (κ1) is 10.3. The summed E-state index contributed by atoms with van der Waals surface area (Å²) in [6.07, 6.45) is 2.08. The number of ketones is 1. The van der Waals surface area contributed by atoms with E-state index in [-0.39, 0.29) is 30.2 Å². The van der Waals surface area contributed by atoms with Crippen molar-refractivity contribution in [1.82, 2.24) is 4.90 Å². The average molecular weight is 230 g/mol. The van der Waals surface area contributed by atoms with Crippen molar-refractivity contribution in [3.63, 3.8) is 0 Å². The standard InChI is InChI=1S/C13H14N2O2/c14-9-3-1-8(2-4-9)13-11(16)7-12(17)15(13)10-5-6-10/h1-4,10,13H,5-7,14H2. The number of rotatable bonds is 2. The minimum atomic E-state index is -0.379. The Labute approximate surface area is 99.4 Å². The van der Waals surface area contributed by atoms with Crippen LogP contribution in [0.3, 0.4) is 0 Å². The Morgan fingerprint density at radius 3 is 2.35 bits per heavy atom. The van der Waals surface area contributed by atoms with E-state index in [2.05, 4.69) is 0 Å². The molecule has 2 aliphatic rings. The van der Waals surface area contributed by atoms with Gasteiger partial charge in [0.1, 0.15) is 6.04 Å². The number of Topliss-reactive ketones (excluding diaryl/α,β-unsaturated/α-hetero) is 1. The third kappa shape index (κ3) is 1.69. The van der Waals surface area contributed by atoms with Crippen LogP contribution >= 0.6 is 0 Å². The molecular formula is C13H14N2O2. The lowest BCUT2D eigenvalue weighted by Crippen LogP contribution is -2.31. The molecule has 3 rings (SSSR count). The molecule has 1 aliphatic carbocycles. The molecule has 1 heterocycles. The van der Waals surface area contributed by atoms with Crippen LogP contribution in [0.2, 0.25) is 0 Å². The molecule has 1 saturated carbocycles. The molecule has 0 bridgehead atoms. The maximum atomic E-state index is 11.9. The lowest BCUT2D eigenvalue weighted by molar-refractivity contribution is -0.129. The zero-order valence-electron chi connectivity index (χ0n) is 9.43. The van der Waals surface area contributed by atoms with E-state index in [9.17, 15) is 9.59 Å². The van der Waals surface area contributed by atoms with Gasteiger partial charge in [-0.1, -0.05) is 12.1 Å². The predicted molar refractivity (Wildman–Crippen MR) is 63.1 cm³/mol. The van der Waals surface area contributed by atoms with E-state index in [1.807, 2.05) is 12.1 Å². The van der Waals surface area contributed by atoms with Crippen LogP contribution in [0.25, 0.3) is 0 Å². The quantitative estimate of drug-likeness (QED) is 0.614. The predicted octanol–water partition coefficient (Wildman–Crippen LogP) is 1.27. The van der Waals surface area contributed by atoms with Gasteiger partial charge < -0.3 is 10.6 Å². The molecule has 17 heavy (non-hydrogen) atoms. The second-order valence-corrected chi connectivity index (χ2v) is 4.74. The molecule has 1 amide bonds. The molecule has 1 aromatic rings. The second-order valence-electron chi connectivity index (χ2n) is 4.74. The Balaban J connectivity index is 1.96. The monoisotopic (exact) mass is 230 g/mol. The number of benzene rings is 1. The van der Waals surface area contributed by atoms with Crippen LogP contribution in [0, 0.1) is 0 Å². The van der Waals surface area contributed by atoms with E-state index < -0.39 is 0 Å². The molecule has 1 unspecified atom stereocenters. The largest absolute Gasteiger partial charge is 0.399 e. The van der Waals surface area contributed by atoms with E-state index in [1.54, 1.807) is 17.0 Å². The molecule has 1 saturated heterocycles. The van der Waals surface area contributed by atoms with Crippen molar-refractivity contribution in [3.8, 4) is 0 Å². The van der Waals surface area contributed by atoms with Gasteiger partial charge in [0.15, 0.2) is 5.78 Å². The van der Waals surface area contributed by atoms with Gasteiger partial charge in [-0.25, -0.2) is 0 Å². The average Bonchev–Trinajstić information content (AvgIpc) is 3.07. The molecule has 0 aromatic heterocycles. The van der Waals surface area contributed by atoms with E-state index in [4.69, 9.17) is 5.73 Å². The Morgan fingerprint density at radius 1 is 1.12 bits per heavy atom. The maximum absolute atomic E-state index is 11.9. The second kappa shape index (κ2) is 3.58. The fraction of sp³-hybridized carbons (Fsp3) is 0.385. The van der Waals surface area contributed by atoms with Gasteiger partial charge in [-0.15, -0.1) is 0 Å². The summed E-state index contributed by atoms with van der Waals surface area (Å²) in [5, 5.41) is 0. The minimum Gasteiger partial charge on any atom is -0.399 e. The summed E-state index contributed by atoms with van der Waals surface area (Å²) in [6, 6.07) is 7.12. The highest BCUT2D eigenvalue weighted by Gasteiger charge is 2.46. The van der Waals surface area contributed by atoms with Crippen LogP contribution in [-0.4, -0.2) is 22.6 Å². The fourth-order valence-corrected chi connectivity index (χ4v) is 2.43. The number of hydrogen-bond donors (Lipinski definition) is 1. The molecule has 1 atom stereocenters. The molecule has 0 radical (unpaired) electrons. The van der Waals surface area contributed by atoms with Gasteiger partial charge in [0.2, 0.25) is 5.91 Å². The summed E-state index contributed by atoms with van der Waals surface area (Å²) in [4.78, 5) is 25.5. The number of nitrogen functional groups attached to an aromatic ring is 1. The van der Waals surface area contributed by atoms with E-state index >= 15 is 0 Å². The zero-order chi connectivity index (χ0) is 12.0. The molecule has 0 spiro atoms. The lowest BCUT2D eigenvalue weighted by Gasteiger charge is -2.23. The Morgan fingerprint density at radius 2 is 1.76 bits per heavy atom. The number of nitrogens with two attached hydrogens (primary N) is 1. The summed E-state index contributed by atoms with van der Waals surface area (Å²) < 4.78 is 0. The van der Waals surface area contributed by atoms with Crippen molar-refractivity contribution in [2.75, 3.05) is 5.73 Å². The molecule has 4 nitrogen and oxygen atoms in total.